The second kappa shape index (κ2) is 6.44. The Balaban J connectivity index is 2.43. The van der Waals surface area contributed by atoms with Gasteiger partial charge in [-0.2, -0.15) is 0 Å². The molecule has 100 valence electrons. The van der Waals surface area contributed by atoms with E-state index >= 15 is 0 Å². The molecule has 0 radical (unpaired) electrons. The van der Waals surface area contributed by atoms with Crippen molar-refractivity contribution in [2.24, 2.45) is 0 Å². The first-order valence-corrected chi connectivity index (χ1v) is 7.85. The molecular weight excluding hydrogens is 322 g/mol. The van der Waals surface area contributed by atoms with Crippen LogP contribution in [-0.4, -0.2) is 6.54 Å². The fourth-order valence-corrected chi connectivity index (χ4v) is 3.06. The Bertz CT molecular complexity index is 568. The number of benzene rings is 2. The van der Waals surface area contributed by atoms with Gasteiger partial charge in [-0.25, -0.2) is 0 Å². The second-order valence-electron chi connectivity index (χ2n) is 4.44. The molecular formula is C16H17BrClN. The lowest BCUT2D eigenvalue weighted by atomic mass is 10.1. The Morgan fingerprint density at radius 1 is 1.16 bits per heavy atom. The summed E-state index contributed by atoms with van der Waals surface area (Å²) in [6.07, 6.45) is 0. The zero-order valence-electron chi connectivity index (χ0n) is 11.2. The Morgan fingerprint density at radius 2 is 1.89 bits per heavy atom. The molecule has 0 aliphatic heterocycles. The highest BCUT2D eigenvalue weighted by Gasteiger charge is 2.11. The first kappa shape index (κ1) is 14.4. The van der Waals surface area contributed by atoms with Crippen LogP contribution in [0.25, 0.3) is 0 Å². The van der Waals surface area contributed by atoms with Crippen LogP contribution < -0.4 is 4.90 Å². The summed E-state index contributed by atoms with van der Waals surface area (Å²) < 4.78 is 0. The van der Waals surface area contributed by atoms with Gasteiger partial charge in [0.25, 0.3) is 0 Å². The monoisotopic (exact) mass is 337 g/mol. The third-order valence-corrected chi connectivity index (χ3v) is 4.17. The minimum absolute atomic E-state index is 0.780. The van der Waals surface area contributed by atoms with Crippen molar-refractivity contribution >= 4 is 38.9 Å². The summed E-state index contributed by atoms with van der Waals surface area (Å²) in [5.74, 6) is 0. The van der Waals surface area contributed by atoms with Crippen molar-refractivity contribution in [2.75, 3.05) is 11.4 Å². The standard InChI is InChI=1S/C16H17BrClN/c1-3-19(16-7-5-4-6-12(16)2)14-9-8-13(11-17)15(18)10-14/h4-10H,3,11H2,1-2H3. The average molecular weight is 339 g/mol. The molecule has 0 atom stereocenters. The summed E-state index contributed by atoms with van der Waals surface area (Å²) in [4.78, 5) is 2.28. The Kier molecular flexibility index (Phi) is 4.89. The summed E-state index contributed by atoms with van der Waals surface area (Å²) in [7, 11) is 0. The van der Waals surface area contributed by atoms with Gasteiger partial charge in [-0.05, 0) is 43.2 Å². The van der Waals surface area contributed by atoms with E-state index in [-0.39, 0.29) is 0 Å². The lowest BCUT2D eigenvalue weighted by molar-refractivity contribution is 1.01. The molecule has 0 aliphatic rings. The number of alkyl halides is 1. The third kappa shape index (κ3) is 3.13. The predicted molar refractivity (Wildman–Crippen MR) is 87.9 cm³/mol. The summed E-state index contributed by atoms with van der Waals surface area (Å²) in [5.41, 5.74) is 4.75. The fourth-order valence-electron chi connectivity index (χ4n) is 2.17. The maximum absolute atomic E-state index is 6.30. The molecule has 0 spiro atoms. The number of rotatable bonds is 4. The zero-order chi connectivity index (χ0) is 13.8. The largest absolute Gasteiger partial charge is 0.342 e. The van der Waals surface area contributed by atoms with Crippen LogP contribution in [0.4, 0.5) is 11.4 Å². The summed E-state index contributed by atoms with van der Waals surface area (Å²) >= 11 is 9.75. The molecule has 0 fully saturated rings. The van der Waals surface area contributed by atoms with Crippen molar-refractivity contribution in [3.8, 4) is 0 Å². The highest BCUT2D eigenvalue weighted by atomic mass is 79.9. The molecule has 0 saturated heterocycles. The molecule has 0 aliphatic carbocycles. The number of anilines is 2. The summed E-state index contributed by atoms with van der Waals surface area (Å²) in [6.45, 7) is 5.19. The van der Waals surface area contributed by atoms with Crippen LogP contribution in [0.3, 0.4) is 0 Å². The first-order chi connectivity index (χ1) is 9.17. The van der Waals surface area contributed by atoms with Crippen molar-refractivity contribution in [2.45, 2.75) is 19.2 Å². The van der Waals surface area contributed by atoms with Gasteiger partial charge in [0.2, 0.25) is 0 Å². The molecule has 3 heteroatoms. The van der Waals surface area contributed by atoms with Crippen molar-refractivity contribution in [3.63, 3.8) is 0 Å². The Labute approximate surface area is 128 Å². The van der Waals surface area contributed by atoms with Crippen molar-refractivity contribution in [1.82, 2.24) is 0 Å². The maximum Gasteiger partial charge on any atom is 0.0467 e. The van der Waals surface area contributed by atoms with Crippen LogP contribution in [0.15, 0.2) is 42.5 Å². The van der Waals surface area contributed by atoms with E-state index in [2.05, 4.69) is 71.1 Å². The molecule has 0 unspecified atom stereocenters. The third-order valence-electron chi connectivity index (χ3n) is 3.21. The number of nitrogens with zero attached hydrogens (tertiary/aromatic N) is 1. The number of hydrogen-bond donors (Lipinski definition) is 0. The lowest BCUT2D eigenvalue weighted by Crippen LogP contribution is -2.17. The molecule has 0 N–H and O–H groups in total. The van der Waals surface area contributed by atoms with Crippen LogP contribution >= 0.6 is 27.5 Å². The molecule has 2 rings (SSSR count). The van der Waals surface area contributed by atoms with Gasteiger partial charge in [0, 0.05) is 28.3 Å². The Hall–Kier alpha value is -0.990. The van der Waals surface area contributed by atoms with Crippen molar-refractivity contribution in [1.29, 1.82) is 0 Å². The minimum Gasteiger partial charge on any atom is -0.342 e. The van der Waals surface area contributed by atoms with Gasteiger partial charge in [-0.1, -0.05) is 51.8 Å². The second-order valence-corrected chi connectivity index (χ2v) is 5.41. The van der Waals surface area contributed by atoms with E-state index < -0.39 is 0 Å². The van der Waals surface area contributed by atoms with Gasteiger partial charge in [-0.3, -0.25) is 0 Å². The van der Waals surface area contributed by atoms with Crippen LogP contribution in [0.1, 0.15) is 18.1 Å². The number of para-hydroxylation sites is 1. The molecule has 0 heterocycles. The SMILES string of the molecule is CCN(c1ccc(CBr)c(Cl)c1)c1ccccc1C. The van der Waals surface area contributed by atoms with E-state index in [0.29, 0.717) is 0 Å². The zero-order valence-corrected chi connectivity index (χ0v) is 13.5. The first-order valence-electron chi connectivity index (χ1n) is 6.35. The highest BCUT2D eigenvalue weighted by molar-refractivity contribution is 9.08. The molecule has 0 amide bonds. The Morgan fingerprint density at radius 3 is 2.47 bits per heavy atom. The average Bonchev–Trinajstić information content (AvgIpc) is 2.42. The van der Waals surface area contributed by atoms with Gasteiger partial charge in [-0.15, -0.1) is 0 Å². The van der Waals surface area contributed by atoms with Crippen LogP contribution in [0.2, 0.25) is 5.02 Å². The van der Waals surface area contributed by atoms with Gasteiger partial charge in [0.05, 0.1) is 0 Å². The van der Waals surface area contributed by atoms with E-state index in [9.17, 15) is 0 Å². The number of aryl methyl sites for hydroxylation is 1. The van der Waals surface area contributed by atoms with Gasteiger partial charge in [0.15, 0.2) is 0 Å². The molecule has 0 bridgehead atoms. The van der Waals surface area contributed by atoms with E-state index in [1.54, 1.807) is 0 Å². The topological polar surface area (TPSA) is 3.24 Å². The molecule has 2 aromatic carbocycles. The van der Waals surface area contributed by atoms with Gasteiger partial charge >= 0.3 is 0 Å². The summed E-state index contributed by atoms with van der Waals surface area (Å²) in [6, 6.07) is 14.6. The van der Waals surface area contributed by atoms with E-state index in [1.807, 2.05) is 6.07 Å². The van der Waals surface area contributed by atoms with Crippen LogP contribution in [0, 0.1) is 6.92 Å². The molecule has 2 aromatic rings. The predicted octanol–water partition coefficient (Wildman–Crippen LogP) is 5.70. The maximum atomic E-state index is 6.30. The smallest absolute Gasteiger partial charge is 0.0467 e. The highest BCUT2D eigenvalue weighted by Crippen LogP contribution is 2.31. The normalized spacial score (nSPS) is 10.5. The minimum atomic E-state index is 0.780. The molecule has 0 saturated carbocycles. The van der Waals surface area contributed by atoms with Crippen LogP contribution in [-0.2, 0) is 5.33 Å². The molecule has 19 heavy (non-hydrogen) atoms. The molecule has 1 nitrogen and oxygen atoms in total. The summed E-state index contributed by atoms with van der Waals surface area (Å²) in [5, 5.41) is 1.59. The van der Waals surface area contributed by atoms with E-state index in [1.165, 1.54) is 11.3 Å². The lowest BCUT2D eigenvalue weighted by Gasteiger charge is -2.25. The number of halogens is 2. The van der Waals surface area contributed by atoms with Crippen molar-refractivity contribution < 1.29 is 0 Å². The van der Waals surface area contributed by atoms with E-state index in [4.69, 9.17) is 11.6 Å². The van der Waals surface area contributed by atoms with Crippen LogP contribution in [0.5, 0.6) is 0 Å². The quantitative estimate of drug-likeness (QED) is 0.646. The van der Waals surface area contributed by atoms with Crippen molar-refractivity contribution in [3.05, 3.63) is 58.6 Å². The fraction of sp³-hybridized carbons (Fsp3) is 0.250. The van der Waals surface area contributed by atoms with Gasteiger partial charge in [0.1, 0.15) is 0 Å². The van der Waals surface area contributed by atoms with Gasteiger partial charge < -0.3 is 4.90 Å². The molecule has 0 aromatic heterocycles. The van der Waals surface area contributed by atoms with E-state index in [0.717, 1.165) is 28.1 Å². The number of hydrogen-bond acceptors (Lipinski definition) is 1.